The lowest BCUT2D eigenvalue weighted by Gasteiger charge is -2.05. The van der Waals surface area contributed by atoms with Crippen molar-refractivity contribution in [2.24, 2.45) is 5.73 Å². The first-order valence-corrected chi connectivity index (χ1v) is 6.06. The lowest BCUT2D eigenvalue weighted by atomic mass is 10.2. The van der Waals surface area contributed by atoms with E-state index in [9.17, 15) is 0 Å². The summed E-state index contributed by atoms with van der Waals surface area (Å²) < 4.78 is 15.7. The summed E-state index contributed by atoms with van der Waals surface area (Å²) in [7, 11) is 1.59. The van der Waals surface area contributed by atoms with Crippen molar-refractivity contribution in [3.63, 3.8) is 0 Å². The Hall–Kier alpha value is -1.92. The average molecular weight is 263 g/mol. The van der Waals surface area contributed by atoms with Gasteiger partial charge in [0, 0.05) is 6.61 Å². The van der Waals surface area contributed by atoms with E-state index in [4.69, 9.17) is 19.7 Å². The van der Waals surface area contributed by atoms with Gasteiger partial charge in [-0.25, -0.2) is 0 Å². The average Bonchev–Trinajstić information content (AvgIpc) is 2.94. The maximum absolute atomic E-state index is 5.90. The number of nitrogens with two attached hydrogens (primary N) is 1. The van der Waals surface area contributed by atoms with Gasteiger partial charge in [-0.3, -0.25) is 0 Å². The first-order valence-electron chi connectivity index (χ1n) is 6.06. The molecule has 0 saturated heterocycles. The molecule has 0 aliphatic rings. The van der Waals surface area contributed by atoms with Crippen LogP contribution in [0.25, 0.3) is 11.5 Å². The molecule has 0 spiro atoms. The van der Waals surface area contributed by atoms with Gasteiger partial charge in [0.1, 0.15) is 5.75 Å². The number of para-hydroxylation sites is 1. The third kappa shape index (κ3) is 3.10. The summed E-state index contributed by atoms with van der Waals surface area (Å²) >= 11 is 0. The van der Waals surface area contributed by atoms with Crippen LogP contribution in [0.5, 0.6) is 5.75 Å². The van der Waals surface area contributed by atoms with Crippen LogP contribution < -0.4 is 10.5 Å². The highest BCUT2D eigenvalue weighted by Gasteiger charge is 2.17. The number of hydrogen-bond acceptors (Lipinski definition) is 6. The molecule has 19 heavy (non-hydrogen) atoms. The van der Waals surface area contributed by atoms with Gasteiger partial charge in [-0.05, 0) is 19.1 Å². The van der Waals surface area contributed by atoms with Crippen LogP contribution in [0.15, 0.2) is 28.8 Å². The van der Waals surface area contributed by atoms with E-state index in [0.29, 0.717) is 30.7 Å². The second-order valence-electron chi connectivity index (χ2n) is 3.92. The quantitative estimate of drug-likeness (QED) is 0.855. The monoisotopic (exact) mass is 263 g/mol. The van der Waals surface area contributed by atoms with Gasteiger partial charge >= 0.3 is 0 Å². The van der Waals surface area contributed by atoms with E-state index >= 15 is 0 Å². The Morgan fingerprint density at radius 1 is 1.37 bits per heavy atom. The van der Waals surface area contributed by atoms with E-state index in [-0.39, 0.29) is 0 Å². The zero-order valence-electron chi connectivity index (χ0n) is 11.0. The molecular formula is C13H17N3O3. The van der Waals surface area contributed by atoms with Gasteiger partial charge < -0.3 is 19.7 Å². The summed E-state index contributed by atoms with van der Waals surface area (Å²) in [6.07, 6.45) is 0. The van der Waals surface area contributed by atoms with Crippen molar-refractivity contribution in [2.75, 3.05) is 20.3 Å². The number of hydrogen-bond donors (Lipinski definition) is 1. The van der Waals surface area contributed by atoms with Crippen LogP contribution in [0.3, 0.4) is 0 Å². The number of benzene rings is 1. The molecule has 1 aromatic heterocycles. The van der Waals surface area contributed by atoms with Crippen LogP contribution in [0, 0.1) is 0 Å². The molecule has 0 saturated carbocycles. The van der Waals surface area contributed by atoms with Crippen molar-refractivity contribution in [1.82, 2.24) is 10.1 Å². The van der Waals surface area contributed by atoms with Gasteiger partial charge in [-0.15, -0.1) is 0 Å². The maximum Gasteiger partial charge on any atom is 0.261 e. The molecule has 0 fully saturated rings. The maximum atomic E-state index is 5.90. The molecule has 2 N–H and O–H groups in total. The minimum Gasteiger partial charge on any atom is -0.496 e. The molecule has 2 aromatic rings. The second-order valence-corrected chi connectivity index (χ2v) is 3.92. The van der Waals surface area contributed by atoms with E-state index in [1.807, 2.05) is 31.2 Å². The topological polar surface area (TPSA) is 83.4 Å². The Kier molecular flexibility index (Phi) is 4.48. The Morgan fingerprint density at radius 2 is 2.16 bits per heavy atom. The van der Waals surface area contributed by atoms with Crippen molar-refractivity contribution in [3.8, 4) is 17.2 Å². The van der Waals surface area contributed by atoms with Crippen LogP contribution in [0.2, 0.25) is 0 Å². The van der Waals surface area contributed by atoms with Crippen molar-refractivity contribution >= 4 is 0 Å². The summed E-state index contributed by atoms with van der Waals surface area (Å²) in [5.74, 6) is 1.49. The highest BCUT2D eigenvalue weighted by Crippen LogP contribution is 2.28. The lowest BCUT2D eigenvalue weighted by molar-refractivity contribution is 0.130. The Labute approximate surface area is 111 Å². The minimum absolute atomic E-state index is 0.362. The summed E-state index contributed by atoms with van der Waals surface area (Å²) in [5, 5.41) is 3.87. The fourth-order valence-corrected chi connectivity index (χ4v) is 1.64. The Balaban J connectivity index is 2.20. The predicted octanol–water partition coefficient (Wildman–Crippen LogP) is 1.78. The van der Waals surface area contributed by atoms with E-state index in [0.717, 1.165) is 5.56 Å². The normalized spacial score (nSPS) is 12.4. The smallest absolute Gasteiger partial charge is 0.261 e. The molecular weight excluding hydrogens is 246 g/mol. The highest BCUT2D eigenvalue weighted by molar-refractivity contribution is 5.62. The molecule has 0 radical (unpaired) electrons. The second kappa shape index (κ2) is 6.31. The number of aromatic nitrogens is 2. The van der Waals surface area contributed by atoms with Gasteiger partial charge in [0.2, 0.25) is 0 Å². The van der Waals surface area contributed by atoms with Gasteiger partial charge in [-0.1, -0.05) is 17.3 Å². The van der Waals surface area contributed by atoms with Crippen LogP contribution in [-0.2, 0) is 4.74 Å². The molecule has 1 unspecified atom stereocenters. The minimum atomic E-state index is -0.396. The molecule has 0 aliphatic heterocycles. The van der Waals surface area contributed by atoms with Crippen LogP contribution in [0.1, 0.15) is 18.8 Å². The molecule has 6 heteroatoms. The van der Waals surface area contributed by atoms with Crippen molar-refractivity contribution in [2.45, 2.75) is 13.0 Å². The van der Waals surface area contributed by atoms with Crippen LogP contribution >= 0.6 is 0 Å². The van der Waals surface area contributed by atoms with Crippen molar-refractivity contribution < 1.29 is 14.0 Å². The van der Waals surface area contributed by atoms with E-state index < -0.39 is 6.04 Å². The molecule has 6 nitrogen and oxygen atoms in total. The third-order valence-electron chi connectivity index (χ3n) is 2.61. The van der Waals surface area contributed by atoms with Crippen LogP contribution in [0.4, 0.5) is 0 Å². The van der Waals surface area contributed by atoms with E-state index in [1.165, 1.54) is 0 Å². The fraction of sp³-hybridized carbons (Fsp3) is 0.385. The van der Waals surface area contributed by atoms with Gasteiger partial charge in [0.05, 0.1) is 25.3 Å². The largest absolute Gasteiger partial charge is 0.496 e. The number of methoxy groups -OCH3 is 1. The molecule has 1 aromatic carbocycles. The fourth-order valence-electron chi connectivity index (χ4n) is 1.64. The van der Waals surface area contributed by atoms with Gasteiger partial charge in [0.15, 0.2) is 5.82 Å². The SMILES string of the molecule is CCOCC(N)c1noc(-c2ccccc2OC)n1. The summed E-state index contributed by atoms with van der Waals surface area (Å²) in [6.45, 7) is 2.87. The molecule has 0 bridgehead atoms. The molecule has 1 atom stereocenters. The molecule has 1 heterocycles. The summed E-state index contributed by atoms with van der Waals surface area (Å²) in [6, 6.07) is 7.04. The first kappa shape index (κ1) is 13.5. The molecule has 0 aliphatic carbocycles. The first-order chi connectivity index (χ1) is 9.26. The number of nitrogens with zero attached hydrogens (tertiary/aromatic N) is 2. The molecule has 0 amide bonds. The number of ether oxygens (including phenoxy) is 2. The zero-order chi connectivity index (χ0) is 13.7. The van der Waals surface area contributed by atoms with Gasteiger partial charge in [-0.2, -0.15) is 4.98 Å². The third-order valence-corrected chi connectivity index (χ3v) is 2.61. The predicted molar refractivity (Wildman–Crippen MR) is 69.7 cm³/mol. The Bertz CT molecular complexity index is 527. The zero-order valence-corrected chi connectivity index (χ0v) is 11.0. The van der Waals surface area contributed by atoms with Crippen molar-refractivity contribution in [1.29, 1.82) is 0 Å². The lowest BCUT2D eigenvalue weighted by Crippen LogP contribution is -2.18. The summed E-state index contributed by atoms with van der Waals surface area (Å²) in [5.41, 5.74) is 6.64. The van der Waals surface area contributed by atoms with Crippen molar-refractivity contribution in [3.05, 3.63) is 30.1 Å². The number of rotatable bonds is 6. The molecule has 102 valence electrons. The van der Waals surface area contributed by atoms with E-state index in [1.54, 1.807) is 7.11 Å². The van der Waals surface area contributed by atoms with Crippen LogP contribution in [-0.4, -0.2) is 30.5 Å². The Morgan fingerprint density at radius 3 is 2.89 bits per heavy atom. The summed E-state index contributed by atoms with van der Waals surface area (Å²) in [4.78, 5) is 4.28. The standard InChI is InChI=1S/C13H17N3O3/c1-3-18-8-10(14)12-15-13(19-16-12)9-6-4-5-7-11(9)17-2/h4-7,10H,3,8,14H2,1-2H3. The molecule has 2 rings (SSSR count). The van der Waals surface area contributed by atoms with Gasteiger partial charge in [0.25, 0.3) is 5.89 Å². The van der Waals surface area contributed by atoms with E-state index in [2.05, 4.69) is 10.1 Å². The highest BCUT2D eigenvalue weighted by atomic mass is 16.5.